The fourth-order valence-electron chi connectivity index (χ4n) is 3.72. The Morgan fingerprint density at radius 1 is 1.20 bits per heavy atom. The van der Waals surface area contributed by atoms with Gasteiger partial charge in [0.05, 0.1) is 12.5 Å². The molecule has 0 bridgehead atoms. The van der Waals surface area contributed by atoms with E-state index in [0.717, 1.165) is 12.8 Å². The van der Waals surface area contributed by atoms with Crippen molar-refractivity contribution in [1.82, 2.24) is 10.2 Å². The molecule has 1 unspecified atom stereocenters. The number of nitrogens with one attached hydrogen (secondary N) is 1. The van der Waals surface area contributed by atoms with Gasteiger partial charge in [-0.05, 0) is 49.2 Å². The fraction of sp³-hybridized carbons (Fsp3) is 0.333. The van der Waals surface area contributed by atoms with Crippen molar-refractivity contribution in [3.8, 4) is 5.75 Å². The molecule has 1 amide bonds. The van der Waals surface area contributed by atoms with Crippen LogP contribution in [0.1, 0.15) is 18.4 Å². The number of benzene rings is 2. The summed E-state index contributed by atoms with van der Waals surface area (Å²) in [5, 5.41) is 2.86. The van der Waals surface area contributed by atoms with Crippen molar-refractivity contribution in [2.45, 2.75) is 17.7 Å². The van der Waals surface area contributed by atoms with Crippen molar-refractivity contribution in [1.29, 1.82) is 0 Å². The summed E-state index contributed by atoms with van der Waals surface area (Å²) in [5.74, 6) is 0.260. The van der Waals surface area contributed by atoms with E-state index in [-0.39, 0.29) is 29.1 Å². The normalized spacial score (nSPS) is 19.7. The second-order valence-electron chi connectivity index (χ2n) is 7.26. The van der Waals surface area contributed by atoms with Crippen LogP contribution in [0.3, 0.4) is 0 Å². The van der Waals surface area contributed by atoms with Crippen molar-refractivity contribution in [3.63, 3.8) is 0 Å². The second-order valence-corrected chi connectivity index (χ2v) is 8.84. The van der Waals surface area contributed by atoms with Crippen molar-refractivity contribution >= 4 is 21.8 Å². The average Bonchev–Trinajstić information content (AvgIpc) is 3.04. The van der Waals surface area contributed by atoms with Gasteiger partial charge in [-0.15, -0.1) is 4.40 Å². The Bertz CT molecular complexity index is 1070. The lowest BCUT2D eigenvalue weighted by Gasteiger charge is -2.33. The molecular formula is C21H22FN3O4S. The maximum Gasteiger partial charge on any atom is 0.285 e. The number of piperidine rings is 1. The number of halogens is 1. The van der Waals surface area contributed by atoms with Crippen LogP contribution in [0.2, 0.25) is 0 Å². The number of sulfonamides is 1. The summed E-state index contributed by atoms with van der Waals surface area (Å²) in [6.45, 7) is 1.66. The summed E-state index contributed by atoms with van der Waals surface area (Å²) in [6, 6.07) is 12.4. The van der Waals surface area contributed by atoms with Crippen molar-refractivity contribution in [2.75, 3.05) is 26.2 Å². The van der Waals surface area contributed by atoms with Gasteiger partial charge in [-0.1, -0.05) is 12.1 Å². The smallest absolute Gasteiger partial charge is 0.285 e. The predicted molar refractivity (Wildman–Crippen MR) is 109 cm³/mol. The zero-order chi connectivity index (χ0) is 21.1. The molecule has 1 N–H and O–H groups in total. The number of hydrogen-bond acceptors (Lipinski definition) is 5. The molecule has 30 heavy (non-hydrogen) atoms. The number of ether oxygens (including phenoxy) is 1. The summed E-state index contributed by atoms with van der Waals surface area (Å²) in [5.41, 5.74) is 0.589. The third-order valence-corrected chi connectivity index (χ3v) is 6.51. The lowest BCUT2D eigenvalue weighted by atomic mass is 9.96. The number of nitrogens with zero attached hydrogens (tertiary/aromatic N) is 2. The van der Waals surface area contributed by atoms with Gasteiger partial charge < -0.3 is 15.0 Å². The van der Waals surface area contributed by atoms with Crippen molar-refractivity contribution in [2.24, 2.45) is 10.3 Å². The van der Waals surface area contributed by atoms with Gasteiger partial charge in [0.15, 0.2) is 5.84 Å². The molecule has 0 saturated carbocycles. The molecule has 1 fully saturated rings. The number of hydrogen-bond donors (Lipinski definition) is 1. The van der Waals surface area contributed by atoms with E-state index in [4.69, 9.17) is 4.74 Å². The highest BCUT2D eigenvalue weighted by Gasteiger charge is 2.35. The highest BCUT2D eigenvalue weighted by atomic mass is 32.2. The van der Waals surface area contributed by atoms with Gasteiger partial charge >= 0.3 is 0 Å². The quantitative estimate of drug-likeness (QED) is 0.734. The molecule has 2 heterocycles. The average molecular weight is 431 g/mol. The molecule has 0 spiro atoms. The Labute approximate surface area is 174 Å². The van der Waals surface area contributed by atoms with Crippen molar-refractivity contribution in [3.05, 3.63) is 59.9 Å². The Morgan fingerprint density at radius 3 is 2.77 bits per heavy atom. The summed E-state index contributed by atoms with van der Waals surface area (Å²) in [6.07, 6.45) is 1.49. The number of carbonyl (C=O) groups excluding carboxylic acids is 1. The van der Waals surface area contributed by atoms with Crippen molar-refractivity contribution < 1.29 is 22.3 Å². The van der Waals surface area contributed by atoms with Crippen LogP contribution in [0.25, 0.3) is 0 Å². The van der Waals surface area contributed by atoms with E-state index in [9.17, 15) is 17.6 Å². The predicted octanol–water partition coefficient (Wildman–Crippen LogP) is 2.18. The number of likely N-dealkylation sites (tertiary alicyclic amines) is 1. The third-order valence-electron chi connectivity index (χ3n) is 5.19. The van der Waals surface area contributed by atoms with Gasteiger partial charge in [-0.25, -0.2) is 4.39 Å². The van der Waals surface area contributed by atoms with E-state index in [1.54, 1.807) is 24.3 Å². The van der Waals surface area contributed by atoms with E-state index in [2.05, 4.69) is 9.71 Å². The number of rotatable bonds is 5. The number of amidine groups is 1. The van der Waals surface area contributed by atoms with Crippen LogP contribution in [-0.4, -0.2) is 51.3 Å². The van der Waals surface area contributed by atoms with Gasteiger partial charge in [0, 0.05) is 18.7 Å². The Morgan fingerprint density at radius 2 is 1.97 bits per heavy atom. The van der Waals surface area contributed by atoms with E-state index in [0.29, 0.717) is 36.8 Å². The molecule has 1 atom stereocenters. The molecule has 7 nitrogen and oxygen atoms in total. The molecule has 2 aromatic carbocycles. The minimum absolute atomic E-state index is 0.0999. The Kier molecular flexibility index (Phi) is 5.72. The number of fused-ring (bicyclic) bond motifs is 1. The molecule has 0 radical (unpaired) electrons. The topological polar surface area (TPSA) is 88.1 Å². The standard InChI is InChI=1S/C21H22FN3O4S/c22-16-7-9-17(10-8-16)29-13-11-23-21(26)15-4-3-12-25(14-15)20-18-5-1-2-6-19(18)30(27,28)24-20/h1-2,5-10,15H,3-4,11-14H2,(H,23,26). The summed E-state index contributed by atoms with van der Waals surface area (Å²) < 4.78 is 46.9. The van der Waals surface area contributed by atoms with E-state index >= 15 is 0 Å². The van der Waals surface area contributed by atoms with Gasteiger partial charge in [-0.2, -0.15) is 8.42 Å². The largest absolute Gasteiger partial charge is 0.492 e. The summed E-state index contributed by atoms with van der Waals surface area (Å²) in [4.78, 5) is 14.7. The van der Waals surface area contributed by atoms with Gasteiger partial charge in [0.25, 0.3) is 10.0 Å². The first-order valence-corrected chi connectivity index (χ1v) is 11.2. The summed E-state index contributed by atoms with van der Waals surface area (Å²) >= 11 is 0. The molecule has 9 heteroatoms. The van der Waals surface area contributed by atoms with Crippen LogP contribution in [0, 0.1) is 11.7 Å². The first-order valence-electron chi connectivity index (χ1n) is 9.79. The maximum absolute atomic E-state index is 12.9. The van der Waals surface area contributed by atoms with Crippen LogP contribution in [0.15, 0.2) is 57.8 Å². The first kappa shape index (κ1) is 20.3. The van der Waals surface area contributed by atoms with E-state index < -0.39 is 10.0 Å². The highest BCUT2D eigenvalue weighted by Crippen LogP contribution is 2.29. The highest BCUT2D eigenvalue weighted by molar-refractivity contribution is 7.90. The molecule has 0 aromatic heterocycles. The second kappa shape index (κ2) is 8.43. The molecule has 1 saturated heterocycles. The Balaban J connectivity index is 1.33. The molecule has 0 aliphatic carbocycles. The molecule has 4 rings (SSSR count). The van der Waals surface area contributed by atoms with E-state index in [1.807, 2.05) is 4.90 Å². The van der Waals surface area contributed by atoms with E-state index in [1.165, 1.54) is 24.3 Å². The Hall–Kier alpha value is -2.94. The van der Waals surface area contributed by atoms with Crippen LogP contribution >= 0.6 is 0 Å². The molecule has 2 aromatic rings. The van der Waals surface area contributed by atoms with Gasteiger partial charge in [-0.3, -0.25) is 4.79 Å². The molecular weight excluding hydrogens is 409 g/mol. The number of amides is 1. The zero-order valence-electron chi connectivity index (χ0n) is 16.3. The SMILES string of the molecule is O=C(NCCOc1ccc(F)cc1)C1CCCN(C2=NS(=O)(=O)c3ccccc32)C1. The minimum atomic E-state index is -3.68. The van der Waals surface area contributed by atoms with Crippen LogP contribution < -0.4 is 10.1 Å². The zero-order valence-corrected chi connectivity index (χ0v) is 17.1. The van der Waals surface area contributed by atoms with Crippen LogP contribution in [0.5, 0.6) is 5.75 Å². The van der Waals surface area contributed by atoms with Crippen LogP contribution in [-0.2, 0) is 14.8 Å². The maximum atomic E-state index is 12.9. The summed E-state index contributed by atoms with van der Waals surface area (Å²) in [7, 11) is -3.68. The van der Waals surface area contributed by atoms with Gasteiger partial charge in [0.1, 0.15) is 23.1 Å². The third kappa shape index (κ3) is 4.30. The van der Waals surface area contributed by atoms with Crippen LogP contribution in [0.4, 0.5) is 4.39 Å². The van der Waals surface area contributed by atoms with Gasteiger partial charge in [0.2, 0.25) is 5.91 Å². The molecule has 2 aliphatic rings. The number of carbonyl (C=O) groups is 1. The molecule has 158 valence electrons. The lowest BCUT2D eigenvalue weighted by Crippen LogP contribution is -2.46. The minimum Gasteiger partial charge on any atom is -0.492 e. The lowest BCUT2D eigenvalue weighted by molar-refractivity contribution is -0.126. The molecule has 2 aliphatic heterocycles. The monoisotopic (exact) mass is 431 g/mol. The fourth-order valence-corrected chi connectivity index (χ4v) is 4.95. The first-order chi connectivity index (χ1) is 14.4.